The van der Waals surface area contributed by atoms with E-state index in [9.17, 15) is 4.79 Å². The van der Waals surface area contributed by atoms with E-state index in [1.54, 1.807) is 0 Å². The van der Waals surface area contributed by atoms with Gasteiger partial charge in [-0.1, -0.05) is 24.3 Å². The molecule has 6 heteroatoms. The van der Waals surface area contributed by atoms with Gasteiger partial charge >= 0.3 is 0 Å². The molecule has 1 atom stereocenters. The van der Waals surface area contributed by atoms with E-state index in [1.165, 1.54) is 0 Å². The van der Waals surface area contributed by atoms with E-state index in [-0.39, 0.29) is 5.91 Å². The summed E-state index contributed by atoms with van der Waals surface area (Å²) in [7, 11) is 0. The van der Waals surface area contributed by atoms with E-state index in [0.717, 1.165) is 71.3 Å². The summed E-state index contributed by atoms with van der Waals surface area (Å²) in [4.78, 5) is 20.5. The molecule has 0 aromatic heterocycles. The molecule has 1 spiro atoms. The first-order valence-electron chi connectivity index (χ1n) is 13.1. The molecule has 0 saturated carbocycles. The molecule has 6 nitrogen and oxygen atoms in total. The summed E-state index contributed by atoms with van der Waals surface area (Å²) < 4.78 is 6.61. The predicted molar refractivity (Wildman–Crippen MR) is 146 cm³/mol. The number of anilines is 2. The Morgan fingerprint density at radius 3 is 2.08 bits per heavy atom. The third-order valence-electron chi connectivity index (χ3n) is 7.74. The van der Waals surface area contributed by atoms with Gasteiger partial charge in [-0.3, -0.25) is 4.79 Å². The number of fused-ring (bicyclic) bond motifs is 6. The van der Waals surface area contributed by atoms with Crippen LogP contribution in [0.3, 0.4) is 0 Å². The van der Waals surface area contributed by atoms with Gasteiger partial charge in [-0.2, -0.15) is 0 Å². The van der Waals surface area contributed by atoms with E-state index in [4.69, 9.17) is 10.5 Å². The highest BCUT2D eigenvalue weighted by molar-refractivity contribution is 6.02. The topological polar surface area (TPSA) is 62.0 Å². The number of nitrogens with zero attached hydrogens (tertiary/aromatic N) is 3. The first-order valence-corrected chi connectivity index (χ1v) is 13.1. The van der Waals surface area contributed by atoms with Crippen LogP contribution in [0.4, 0.5) is 11.4 Å². The lowest BCUT2D eigenvalue weighted by Crippen LogP contribution is -2.49. The van der Waals surface area contributed by atoms with Crippen LogP contribution in [0, 0.1) is 0 Å². The minimum absolute atomic E-state index is 0.0101. The highest BCUT2D eigenvalue weighted by Crippen LogP contribution is 2.58. The molecule has 0 saturated heterocycles. The summed E-state index contributed by atoms with van der Waals surface area (Å²) in [5.74, 6) is 1.58. The van der Waals surface area contributed by atoms with Gasteiger partial charge in [0.2, 0.25) is 0 Å². The Morgan fingerprint density at radius 1 is 0.778 bits per heavy atom. The van der Waals surface area contributed by atoms with Crippen LogP contribution in [0.25, 0.3) is 0 Å². The second-order valence-corrected chi connectivity index (χ2v) is 9.31. The second kappa shape index (κ2) is 9.51. The zero-order valence-electron chi connectivity index (χ0n) is 21.8. The number of rotatable bonds is 8. The molecule has 188 valence electrons. The van der Waals surface area contributed by atoms with Crippen molar-refractivity contribution in [3.63, 3.8) is 0 Å². The van der Waals surface area contributed by atoms with Gasteiger partial charge < -0.3 is 25.2 Å². The maximum atomic E-state index is 13.9. The molecule has 3 aromatic rings. The fraction of sp³-hybridized carbons (Fsp3) is 0.367. The third kappa shape index (κ3) is 3.39. The number of hydrogen-bond donors (Lipinski definition) is 1. The van der Waals surface area contributed by atoms with Crippen LogP contribution < -0.4 is 20.3 Å². The van der Waals surface area contributed by atoms with Crippen molar-refractivity contribution in [3.8, 4) is 11.5 Å². The van der Waals surface area contributed by atoms with E-state index >= 15 is 0 Å². The Balaban J connectivity index is 1.84. The SMILES string of the molecule is CCN(CC)c1ccc2c(c1)Oc1ccc(N(CC)CC)cc1C21c2ccccc2C(=O)N1CCN. The number of carbonyl (C=O) groups is 1. The summed E-state index contributed by atoms with van der Waals surface area (Å²) in [5.41, 5.74) is 11.2. The van der Waals surface area contributed by atoms with E-state index in [2.05, 4.69) is 80.0 Å². The second-order valence-electron chi connectivity index (χ2n) is 9.31. The fourth-order valence-electron chi connectivity index (χ4n) is 6.03. The number of carbonyl (C=O) groups excluding carboxylic acids is 1. The van der Waals surface area contributed by atoms with E-state index in [1.807, 2.05) is 23.1 Å². The molecular formula is C30H36N4O2. The molecule has 0 aliphatic carbocycles. The largest absolute Gasteiger partial charge is 0.456 e. The monoisotopic (exact) mass is 484 g/mol. The standard InChI is InChI=1S/C30H36N4O2/c1-5-32(6-2)21-14-16-27-26(19-21)30(24-12-10-9-11-23(24)29(35)34(30)18-17-31)25-15-13-22(20-28(25)36-27)33(7-3)8-4/h9-16,19-20H,5-8,17-18,31H2,1-4H3. The molecule has 2 aliphatic rings. The zero-order chi connectivity index (χ0) is 25.4. The maximum absolute atomic E-state index is 13.9. The Morgan fingerprint density at radius 2 is 1.42 bits per heavy atom. The van der Waals surface area contributed by atoms with Gasteiger partial charge in [-0.15, -0.1) is 0 Å². The Labute approximate surface area is 214 Å². The van der Waals surface area contributed by atoms with Gasteiger partial charge in [0, 0.05) is 73.4 Å². The average Bonchev–Trinajstić information content (AvgIpc) is 3.15. The highest BCUT2D eigenvalue weighted by Gasteiger charge is 2.56. The smallest absolute Gasteiger partial charge is 0.255 e. The molecule has 3 aromatic carbocycles. The molecule has 2 heterocycles. The van der Waals surface area contributed by atoms with Crippen LogP contribution in [-0.2, 0) is 5.54 Å². The van der Waals surface area contributed by atoms with Crippen molar-refractivity contribution >= 4 is 17.3 Å². The van der Waals surface area contributed by atoms with Crippen LogP contribution in [-0.4, -0.2) is 50.1 Å². The third-order valence-corrected chi connectivity index (χ3v) is 7.74. The van der Waals surface area contributed by atoms with Crippen molar-refractivity contribution < 1.29 is 9.53 Å². The van der Waals surface area contributed by atoms with Crippen LogP contribution in [0.15, 0.2) is 60.7 Å². The van der Waals surface area contributed by atoms with Gasteiger partial charge in [0.15, 0.2) is 0 Å². The molecule has 2 aliphatic heterocycles. The molecule has 1 unspecified atom stereocenters. The van der Waals surface area contributed by atoms with Gasteiger partial charge in [-0.05, 0) is 63.6 Å². The number of nitrogens with two attached hydrogens (primary N) is 1. The van der Waals surface area contributed by atoms with E-state index < -0.39 is 5.54 Å². The fourth-order valence-corrected chi connectivity index (χ4v) is 6.03. The lowest BCUT2D eigenvalue weighted by Gasteiger charge is -2.45. The summed E-state index contributed by atoms with van der Waals surface area (Å²) in [6.07, 6.45) is 0. The average molecular weight is 485 g/mol. The summed E-state index contributed by atoms with van der Waals surface area (Å²) >= 11 is 0. The number of amides is 1. The molecular weight excluding hydrogens is 448 g/mol. The lowest BCUT2D eigenvalue weighted by atomic mass is 9.74. The Bertz CT molecular complexity index is 1280. The van der Waals surface area contributed by atoms with Crippen molar-refractivity contribution in [1.82, 2.24) is 4.90 Å². The van der Waals surface area contributed by atoms with E-state index in [0.29, 0.717) is 13.1 Å². The van der Waals surface area contributed by atoms with Gasteiger partial charge in [-0.25, -0.2) is 0 Å². The summed E-state index contributed by atoms with van der Waals surface area (Å²) in [5, 5.41) is 0. The summed E-state index contributed by atoms with van der Waals surface area (Å²) in [6, 6.07) is 20.8. The normalized spacial score (nSPS) is 17.5. The Kier molecular flexibility index (Phi) is 6.39. The zero-order valence-corrected chi connectivity index (χ0v) is 21.8. The van der Waals surface area contributed by atoms with Gasteiger partial charge in [0.25, 0.3) is 5.91 Å². The van der Waals surface area contributed by atoms with Gasteiger partial charge in [0.1, 0.15) is 17.0 Å². The molecule has 0 bridgehead atoms. The first kappa shape index (κ1) is 24.2. The lowest BCUT2D eigenvalue weighted by molar-refractivity contribution is 0.0673. The Hall–Kier alpha value is -3.51. The molecule has 1 amide bonds. The predicted octanol–water partition coefficient (Wildman–Crippen LogP) is 5.19. The molecule has 0 radical (unpaired) electrons. The van der Waals surface area contributed by atoms with Crippen molar-refractivity contribution in [2.45, 2.75) is 33.2 Å². The van der Waals surface area contributed by atoms with Crippen LogP contribution in [0.2, 0.25) is 0 Å². The van der Waals surface area contributed by atoms with Gasteiger partial charge in [0.05, 0.1) is 0 Å². The quantitative estimate of drug-likeness (QED) is 0.477. The maximum Gasteiger partial charge on any atom is 0.255 e. The molecule has 2 N–H and O–H groups in total. The van der Waals surface area contributed by atoms with Crippen molar-refractivity contribution in [3.05, 3.63) is 82.9 Å². The van der Waals surface area contributed by atoms with Crippen LogP contribution >= 0.6 is 0 Å². The van der Waals surface area contributed by atoms with Crippen LogP contribution in [0.5, 0.6) is 11.5 Å². The van der Waals surface area contributed by atoms with Crippen molar-refractivity contribution in [2.24, 2.45) is 5.73 Å². The first-order chi connectivity index (χ1) is 17.5. The van der Waals surface area contributed by atoms with Crippen molar-refractivity contribution in [2.75, 3.05) is 49.1 Å². The number of hydrogen-bond acceptors (Lipinski definition) is 5. The molecule has 5 rings (SSSR count). The number of ether oxygens (including phenoxy) is 1. The molecule has 36 heavy (non-hydrogen) atoms. The summed E-state index contributed by atoms with van der Waals surface area (Å²) in [6.45, 7) is 13.1. The van der Waals surface area contributed by atoms with Crippen LogP contribution in [0.1, 0.15) is 54.7 Å². The highest BCUT2D eigenvalue weighted by atomic mass is 16.5. The van der Waals surface area contributed by atoms with Crippen molar-refractivity contribution in [1.29, 1.82) is 0 Å². The number of benzene rings is 3. The minimum atomic E-state index is -0.805. The minimum Gasteiger partial charge on any atom is -0.456 e. The molecule has 0 fully saturated rings.